The zero-order valence-corrected chi connectivity index (χ0v) is 13.2. The Labute approximate surface area is 123 Å². The second-order valence-electron chi connectivity index (χ2n) is 6.61. The van der Waals surface area contributed by atoms with Gasteiger partial charge in [0, 0.05) is 12.8 Å². The van der Waals surface area contributed by atoms with Gasteiger partial charge >= 0.3 is 0 Å². The van der Waals surface area contributed by atoms with Crippen LogP contribution in [0.4, 0.5) is 0 Å². The van der Waals surface area contributed by atoms with Crippen molar-refractivity contribution in [3.63, 3.8) is 0 Å². The largest absolute Gasteiger partial charge is 0.446 e. The summed E-state index contributed by atoms with van der Waals surface area (Å²) in [5.41, 5.74) is 0. The van der Waals surface area contributed by atoms with E-state index in [1.807, 2.05) is 6.20 Å². The first-order chi connectivity index (χ1) is 9.74. The smallest absolute Gasteiger partial charge is 0.194 e. The average molecular weight is 278 g/mol. The lowest BCUT2D eigenvalue weighted by Gasteiger charge is -2.06. The van der Waals surface area contributed by atoms with Gasteiger partial charge in [0.2, 0.25) is 0 Å². The maximum absolute atomic E-state index is 5.83. The van der Waals surface area contributed by atoms with Crippen molar-refractivity contribution >= 4 is 0 Å². The van der Waals surface area contributed by atoms with Gasteiger partial charge in [0.15, 0.2) is 5.89 Å². The molecule has 0 amide bonds. The maximum atomic E-state index is 5.83. The van der Waals surface area contributed by atoms with Crippen molar-refractivity contribution in [1.82, 2.24) is 10.3 Å². The number of nitrogens with one attached hydrogen (secondary N) is 1. The van der Waals surface area contributed by atoms with E-state index in [0.29, 0.717) is 0 Å². The quantitative estimate of drug-likeness (QED) is 0.694. The predicted octanol–water partition coefficient (Wildman–Crippen LogP) is 3.98. The monoisotopic (exact) mass is 278 g/mol. The van der Waals surface area contributed by atoms with Gasteiger partial charge in [-0.15, -0.1) is 0 Å². The van der Waals surface area contributed by atoms with Crippen molar-refractivity contribution in [2.24, 2.45) is 11.8 Å². The Kier molecular flexibility index (Phi) is 6.58. The third-order valence-electron chi connectivity index (χ3n) is 4.17. The van der Waals surface area contributed by atoms with Gasteiger partial charge in [-0.05, 0) is 37.8 Å². The summed E-state index contributed by atoms with van der Waals surface area (Å²) in [6.07, 6.45) is 12.0. The Balaban J connectivity index is 1.59. The molecule has 0 saturated heterocycles. The second kappa shape index (κ2) is 8.46. The van der Waals surface area contributed by atoms with Gasteiger partial charge in [-0.1, -0.05) is 39.5 Å². The molecule has 0 radical (unpaired) electrons. The van der Waals surface area contributed by atoms with Crippen molar-refractivity contribution in [1.29, 1.82) is 0 Å². The van der Waals surface area contributed by atoms with Crippen LogP contribution in [0.15, 0.2) is 10.6 Å². The molecule has 0 unspecified atom stereocenters. The molecule has 0 aromatic carbocycles. The van der Waals surface area contributed by atoms with E-state index in [2.05, 4.69) is 24.1 Å². The molecule has 0 spiro atoms. The summed E-state index contributed by atoms with van der Waals surface area (Å²) in [6, 6.07) is 0. The molecule has 1 N–H and O–H groups in total. The van der Waals surface area contributed by atoms with Crippen molar-refractivity contribution in [3.8, 4) is 0 Å². The highest BCUT2D eigenvalue weighted by Gasteiger charge is 2.15. The van der Waals surface area contributed by atoms with E-state index >= 15 is 0 Å². The highest BCUT2D eigenvalue weighted by molar-refractivity contribution is 4.95. The molecule has 1 heterocycles. The Bertz CT molecular complexity index is 367. The fourth-order valence-corrected chi connectivity index (χ4v) is 2.98. The molecule has 1 aliphatic carbocycles. The Hall–Kier alpha value is -0.830. The minimum absolute atomic E-state index is 0.721. The summed E-state index contributed by atoms with van der Waals surface area (Å²) in [5.74, 6) is 3.66. The second-order valence-corrected chi connectivity index (χ2v) is 6.61. The van der Waals surface area contributed by atoms with E-state index < -0.39 is 0 Å². The van der Waals surface area contributed by atoms with E-state index in [-0.39, 0.29) is 0 Å². The summed E-state index contributed by atoms with van der Waals surface area (Å²) in [6.45, 7) is 6.62. The Morgan fingerprint density at radius 1 is 1.30 bits per heavy atom. The lowest BCUT2D eigenvalue weighted by Crippen LogP contribution is -2.21. The normalized spacial score (nSPS) is 16.4. The first-order valence-corrected chi connectivity index (χ1v) is 8.38. The van der Waals surface area contributed by atoms with Gasteiger partial charge < -0.3 is 9.73 Å². The summed E-state index contributed by atoms with van der Waals surface area (Å²) >= 11 is 0. The Morgan fingerprint density at radius 2 is 2.10 bits per heavy atom. The van der Waals surface area contributed by atoms with Crippen LogP contribution in [0.2, 0.25) is 0 Å². The van der Waals surface area contributed by atoms with Crippen molar-refractivity contribution in [2.45, 2.75) is 65.2 Å². The summed E-state index contributed by atoms with van der Waals surface area (Å²) in [4.78, 5) is 4.40. The van der Waals surface area contributed by atoms with Crippen LogP contribution in [0.1, 0.15) is 64.0 Å². The minimum Gasteiger partial charge on any atom is -0.446 e. The molecular formula is C17H30N2O. The molecule has 0 bridgehead atoms. The van der Waals surface area contributed by atoms with E-state index in [1.165, 1.54) is 32.1 Å². The summed E-state index contributed by atoms with van der Waals surface area (Å²) in [7, 11) is 0. The number of aryl methyl sites for hydroxylation is 2. The van der Waals surface area contributed by atoms with Crippen LogP contribution in [-0.2, 0) is 12.8 Å². The lowest BCUT2D eigenvalue weighted by atomic mass is 10.0. The zero-order valence-electron chi connectivity index (χ0n) is 13.2. The van der Waals surface area contributed by atoms with E-state index in [4.69, 9.17) is 4.42 Å². The molecule has 0 atom stereocenters. The molecule has 114 valence electrons. The van der Waals surface area contributed by atoms with Gasteiger partial charge in [0.25, 0.3) is 0 Å². The highest BCUT2D eigenvalue weighted by atomic mass is 16.4. The summed E-state index contributed by atoms with van der Waals surface area (Å²) in [5, 5.41) is 3.45. The van der Waals surface area contributed by atoms with Crippen molar-refractivity contribution < 1.29 is 4.42 Å². The van der Waals surface area contributed by atoms with Crippen molar-refractivity contribution in [3.05, 3.63) is 17.8 Å². The van der Waals surface area contributed by atoms with Crippen LogP contribution >= 0.6 is 0 Å². The maximum Gasteiger partial charge on any atom is 0.194 e. The fraction of sp³-hybridized carbons (Fsp3) is 0.824. The number of nitrogens with zero attached hydrogens (tertiary/aromatic N) is 1. The Morgan fingerprint density at radius 3 is 2.85 bits per heavy atom. The topological polar surface area (TPSA) is 38.1 Å². The average Bonchev–Trinajstić information content (AvgIpc) is 3.07. The van der Waals surface area contributed by atoms with Gasteiger partial charge in [-0.25, -0.2) is 4.98 Å². The highest BCUT2D eigenvalue weighted by Crippen LogP contribution is 2.28. The summed E-state index contributed by atoms with van der Waals surface area (Å²) < 4.78 is 5.83. The first kappa shape index (κ1) is 15.6. The van der Waals surface area contributed by atoms with Crippen LogP contribution in [0.3, 0.4) is 0 Å². The van der Waals surface area contributed by atoms with Gasteiger partial charge in [0.05, 0.1) is 6.20 Å². The number of oxazole rings is 1. The first-order valence-electron chi connectivity index (χ1n) is 8.38. The third-order valence-corrected chi connectivity index (χ3v) is 4.17. The SMILES string of the molecule is CC(C)CNCCCc1ncc(CCC2CCCC2)o1. The van der Waals surface area contributed by atoms with Gasteiger partial charge in [-0.2, -0.15) is 0 Å². The van der Waals surface area contributed by atoms with Crippen LogP contribution in [0.25, 0.3) is 0 Å². The molecule has 1 saturated carbocycles. The molecular weight excluding hydrogens is 248 g/mol. The van der Waals surface area contributed by atoms with E-state index in [1.54, 1.807) is 0 Å². The standard InChI is InChI=1S/C17H30N2O/c1-14(2)12-18-11-5-8-17-19-13-16(20-17)10-9-15-6-3-4-7-15/h13-15,18H,3-12H2,1-2H3. The van der Waals surface area contributed by atoms with Crippen LogP contribution in [0, 0.1) is 11.8 Å². The third kappa shape index (κ3) is 5.66. The molecule has 1 aromatic heterocycles. The number of aromatic nitrogens is 1. The van der Waals surface area contributed by atoms with Gasteiger partial charge in [0.1, 0.15) is 5.76 Å². The zero-order chi connectivity index (χ0) is 14.2. The van der Waals surface area contributed by atoms with Crippen LogP contribution < -0.4 is 5.32 Å². The predicted molar refractivity (Wildman–Crippen MR) is 82.8 cm³/mol. The molecule has 1 aliphatic rings. The fourth-order valence-electron chi connectivity index (χ4n) is 2.98. The molecule has 3 heteroatoms. The lowest BCUT2D eigenvalue weighted by molar-refractivity contribution is 0.417. The molecule has 3 nitrogen and oxygen atoms in total. The number of hydrogen-bond acceptors (Lipinski definition) is 3. The van der Waals surface area contributed by atoms with Crippen molar-refractivity contribution in [2.75, 3.05) is 13.1 Å². The molecule has 20 heavy (non-hydrogen) atoms. The minimum atomic E-state index is 0.721. The van der Waals surface area contributed by atoms with Crippen LogP contribution in [0.5, 0.6) is 0 Å². The molecule has 1 fully saturated rings. The van der Waals surface area contributed by atoms with E-state index in [9.17, 15) is 0 Å². The van der Waals surface area contributed by atoms with Crippen LogP contribution in [-0.4, -0.2) is 18.1 Å². The molecule has 1 aromatic rings. The van der Waals surface area contributed by atoms with E-state index in [0.717, 1.165) is 55.8 Å². The van der Waals surface area contributed by atoms with Gasteiger partial charge in [-0.3, -0.25) is 0 Å². The number of hydrogen-bond donors (Lipinski definition) is 1. The number of rotatable bonds is 9. The molecule has 2 rings (SSSR count). The molecule has 0 aliphatic heterocycles.